The van der Waals surface area contributed by atoms with E-state index in [-0.39, 0.29) is 34.9 Å². The highest BCUT2D eigenvalue weighted by molar-refractivity contribution is 7.89. The summed E-state index contributed by atoms with van der Waals surface area (Å²) in [6.45, 7) is 6.34. The van der Waals surface area contributed by atoms with Crippen molar-refractivity contribution in [3.05, 3.63) is 28.3 Å². The van der Waals surface area contributed by atoms with Crippen LogP contribution >= 0.6 is 0 Å². The van der Waals surface area contributed by atoms with Crippen LogP contribution in [0.2, 0.25) is 0 Å². The number of nitrogens with one attached hydrogen (secondary N) is 1. The SMILES string of the molecule is CC(C)(C)N(C(=O)OCCCNc1ccc(S(N)(=O)=O)cc1[N+](=O)[O-])C1CC1. The summed E-state index contributed by atoms with van der Waals surface area (Å²) in [4.78, 5) is 24.2. The number of anilines is 1. The van der Waals surface area contributed by atoms with Crippen LogP contribution in [0, 0.1) is 10.1 Å². The fourth-order valence-electron chi connectivity index (χ4n) is 2.82. The summed E-state index contributed by atoms with van der Waals surface area (Å²) in [5.41, 5.74) is -0.545. The lowest BCUT2D eigenvalue weighted by Gasteiger charge is -2.34. The molecule has 0 heterocycles. The molecule has 0 spiro atoms. The predicted octanol–water partition coefficient (Wildman–Crippen LogP) is 2.44. The third kappa shape index (κ3) is 5.80. The fraction of sp³-hybridized carbons (Fsp3) is 0.588. The second-order valence-corrected chi connectivity index (χ2v) is 9.21. The molecule has 0 unspecified atom stereocenters. The number of primary sulfonamides is 1. The van der Waals surface area contributed by atoms with Gasteiger partial charge in [-0.25, -0.2) is 18.4 Å². The summed E-state index contributed by atoms with van der Waals surface area (Å²) in [5.74, 6) is 0. The Labute approximate surface area is 164 Å². The Hall–Kier alpha value is -2.40. The van der Waals surface area contributed by atoms with Crippen LogP contribution in [-0.4, -0.2) is 49.1 Å². The topological polar surface area (TPSA) is 145 Å². The maximum Gasteiger partial charge on any atom is 0.410 e. The van der Waals surface area contributed by atoms with Gasteiger partial charge in [0.2, 0.25) is 10.0 Å². The van der Waals surface area contributed by atoms with Crippen molar-refractivity contribution in [3.8, 4) is 0 Å². The molecule has 0 radical (unpaired) electrons. The zero-order chi connectivity index (χ0) is 21.1. The minimum atomic E-state index is -4.03. The smallest absolute Gasteiger partial charge is 0.410 e. The molecule has 0 aliphatic heterocycles. The number of hydrogen-bond donors (Lipinski definition) is 2. The van der Waals surface area contributed by atoms with Gasteiger partial charge in [-0.1, -0.05) is 0 Å². The Morgan fingerprint density at radius 3 is 2.54 bits per heavy atom. The van der Waals surface area contributed by atoms with Crippen molar-refractivity contribution < 1.29 is 22.9 Å². The van der Waals surface area contributed by atoms with Gasteiger partial charge in [0.1, 0.15) is 5.69 Å². The van der Waals surface area contributed by atoms with Crippen molar-refractivity contribution in [2.75, 3.05) is 18.5 Å². The number of nitro groups is 1. The molecular formula is C17H26N4O6S. The van der Waals surface area contributed by atoms with Crippen molar-refractivity contribution in [3.63, 3.8) is 0 Å². The van der Waals surface area contributed by atoms with Crippen LogP contribution in [-0.2, 0) is 14.8 Å². The Bertz CT molecular complexity index is 846. The average Bonchev–Trinajstić information content (AvgIpc) is 3.36. The Morgan fingerprint density at radius 1 is 1.39 bits per heavy atom. The predicted molar refractivity (Wildman–Crippen MR) is 104 cm³/mol. The number of hydrogen-bond acceptors (Lipinski definition) is 7. The normalized spacial score (nSPS) is 14.4. The summed E-state index contributed by atoms with van der Waals surface area (Å²) >= 11 is 0. The lowest BCUT2D eigenvalue weighted by atomic mass is 10.1. The number of rotatable bonds is 8. The number of amides is 1. The number of carbonyl (C=O) groups excluding carboxylic acids is 1. The minimum Gasteiger partial charge on any atom is -0.449 e. The number of nitrogens with zero attached hydrogens (tertiary/aromatic N) is 2. The van der Waals surface area contributed by atoms with Gasteiger partial charge in [0.15, 0.2) is 0 Å². The first-order valence-electron chi connectivity index (χ1n) is 8.92. The lowest BCUT2D eigenvalue weighted by molar-refractivity contribution is -0.384. The molecule has 11 heteroatoms. The number of nitrogens with two attached hydrogens (primary N) is 1. The van der Waals surface area contributed by atoms with Crippen LogP contribution in [0.15, 0.2) is 23.1 Å². The first-order valence-corrected chi connectivity index (χ1v) is 10.5. The standard InChI is InChI=1S/C17H26N4O6S/c1-17(2,3)20(12-5-6-12)16(22)27-10-4-9-19-14-8-7-13(28(18,25)26)11-15(14)21(23)24/h7-8,11-12,19H,4-6,9-10H2,1-3H3,(H2,18,25,26). The molecule has 0 bridgehead atoms. The molecular weight excluding hydrogens is 388 g/mol. The van der Waals surface area contributed by atoms with Crippen LogP contribution in [0.3, 0.4) is 0 Å². The highest BCUT2D eigenvalue weighted by Crippen LogP contribution is 2.33. The Kier molecular flexibility index (Phi) is 6.50. The van der Waals surface area contributed by atoms with E-state index in [1.807, 2.05) is 20.8 Å². The number of benzene rings is 1. The molecule has 28 heavy (non-hydrogen) atoms. The Morgan fingerprint density at radius 2 is 2.04 bits per heavy atom. The van der Waals surface area contributed by atoms with E-state index in [1.165, 1.54) is 12.1 Å². The largest absolute Gasteiger partial charge is 0.449 e. The quantitative estimate of drug-likeness (QED) is 0.377. The van der Waals surface area contributed by atoms with Gasteiger partial charge >= 0.3 is 6.09 Å². The van der Waals surface area contributed by atoms with E-state index in [4.69, 9.17) is 9.88 Å². The third-order valence-corrected chi connectivity index (χ3v) is 5.10. The van der Waals surface area contributed by atoms with Gasteiger partial charge in [-0.2, -0.15) is 0 Å². The van der Waals surface area contributed by atoms with Gasteiger partial charge < -0.3 is 15.0 Å². The van der Waals surface area contributed by atoms with E-state index < -0.39 is 20.6 Å². The van der Waals surface area contributed by atoms with E-state index in [2.05, 4.69) is 5.32 Å². The maximum atomic E-state index is 12.3. The summed E-state index contributed by atoms with van der Waals surface area (Å²) in [6, 6.07) is 3.62. The van der Waals surface area contributed by atoms with Gasteiger partial charge in [-0.05, 0) is 52.2 Å². The van der Waals surface area contributed by atoms with Crippen LogP contribution in [0.1, 0.15) is 40.0 Å². The van der Waals surface area contributed by atoms with Crippen molar-refractivity contribution in [2.24, 2.45) is 5.14 Å². The van der Waals surface area contributed by atoms with Crippen molar-refractivity contribution in [1.82, 2.24) is 4.90 Å². The molecule has 1 fully saturated rings. The molecule has 1 amide bonds. The number of ether oxygens (including phenoxy) is 1. The molecule has 1 aromatic rings. The van der Waals surface area contributed by atoms with Crippen LogP contribution in [0.4, 0.5) is 16.2 Å². The van der Waals surface area contributed by atoms with E-state index in [9.17, 15) is 23.3 Å². The van der Waals surface area contributed by atoms with E-state index >= 15 is 0 Å². The number of nitro benzene ring substituents is 1. The summed E-state index contributed by atoms with van der Waals surface area (Å²) in [6.07, 6.45) is 2.03. The first-order chi connectivity index (χ1) is 12.9. The molecule has 3 N–H and O–H groups in total. The van der Waals surface area contributed by atoms with E-state index in [0.717, 1.165) is 18.9 Å². The summed E-state index contributed by atoms with van der Waals surface area (Å²) < 4.78 is 28.0. The van der Waals surface area contributed by atoms with Crippen molar-refractivity contribution in [1.29, 1.82) is 0 Å². The minimum absolute atomic E-state index is 0.161. The van der Waals surface area contributed by atoms with Crippen LogP contribution in [0.5, 0.6) is 0 Å². The molecule has 0 saturated heterocycles. The zero-order valence-electron chi connectivity index (χ0n) is 16.2. The summed E-state index contributed by atoms with van der Waals surface area (Å²) in [7, 11) is -4.03. The van der Waals surface area contributed by atoms with Gasteiger partial charge in [0.05, 0.1) is 16.4 Å². The fourth-order valence-corrected chi connectivity index (χ4v) is 3.35. The van der Waals surface area contributed by atoms with Crippen LogP contribution < -0.4 is 10.5 Å². The molecule has 0 aromatic heterocycles. The maximum absolute atomic E-state index is 12.3. The van der Waals surface area contributed by atoms with Gasteiger partial charge in [-0.3, -0.25) is 10.1 Å². The second-order valence-electron chi connectivity index (χ2n) is 7.65. The molecule has 10 nitrogen and oxygen atoms in total. The van der Waals surface area contributed by atoms with Gasteiger partial charge in [0.25, 0.3) is 5.69 Å². The Balaban J connectivity index is 1.88. The molecule has 1 saturated carbocycles. The van der Waals surface area contributed by atoms with Crippen LogP contribution in [0.25, 0.3) is 0 Å². The monoisotopic (exact) mass is 414 g/mol. The molecule has 1 aromatic carbocycles. The number of carbonyl (C=O) groups is 1. The van der Waals surface area contributed by atoms with Crippen molar-refractivity contribution >= 4 is 27.5 Å². The first kappa shape index (κ1) is 21.9. The van der Waals surface area contributed by atoms with E-state index in [1.54, 1.807) is 4.90 Å². The lowest BCUT2D eigenvalue weighted by Crippen LogP contribution is -2.47. The molecule has 1 aliphatic rings. The highest BCUT2D eigenvalue weighted by atomic mass is 32.2. The molecule has 1 aliphatic carbocycles. The van der Waals surface area contributed by atoms with E-state index in [0.29, 0.717) is 13.0 Å². The zero-order valence-corrected chi connectivity index (χ0v) is 17.0. The third-order valence-electron chi connectivity index (χ3n) is 4.19. The highest BCUT2D eigenvalue weighted by Gasteiger charge is 2.40. The van der Waals surface area contributed by atoms with Crippen molar-refractivity contribution in [2.45, 2.75) is 56.5 Å². The molecule has 0 atom stereocenters. The second kappa shape index (κ2) is 8.31. The van der Waals surface area contributed by atoms with Gasteiger partial charge in [0, 0.05) is 24.2 Å². The summed E-state index contributed by atoms with van der Waals surface area (Å²) in [5, 5.41) is 19.0. The molecule has 2 rings (SSSR count). The average molecular weight is 414 g/mol. The van der Waals surface area contributed by atoms with Gasteiger partial charge in [-0.15, -0.1) is 0 Å². The number of sulfonamides is 1. The molecule has 156 valence electrons.